The lowest BCUT2D eigenvalue weighted by atomic mass is 10.2. The van der Waals surface area contributed by atoms with Crippen LogP contribution in [0.3, 0.4) is 0 Å². The molecular formula is C19H33NO4. The van der Waals surface area contributed by atoms with Crippen molar-refractivity contribution >= 4 is 0 Å². The van der Waals surface area contributed by atoms with Crippen LogP contribution in [-0.2, 0) is 16.1 Å². The van der Waals surface area contributed by atoms with Gasteiger partial charge in [-0.25, -0.2) is 0 Å². The fourth-order valence-electron chi connectivity index (χ4n) is 2.00. The molecule has 138 valence electrons. The van der Waals surface area contributed by atoms with E-state index in [2.05, 4.69) is 19.2 Å². The Labute approximate surface area is 146 Å². The molecule has 0 aliphatic rings. The maximum Gasteiger partial charge on any atom is 0.119 e. The van der Waals surface area contributed by atoms with Crippen molar-refractivity contribution in [1.82, 2.24) is 5.32 Å². The second kappa shape index (κ2) is 12.3. The molecule has 0 radical (unpaired) electrons. The largest absolute Gasteiger partial charge is 0.493 e. The first-order valence-electron chi connectivity index (χ1n) is 8.80. The van der Waals surface area contributed by atoms with E-state index < -0.39 is 0 Å². The lowest BCUT2D eigenvalue weighted by Crippen LogP contribution is -2.32. The summed E-state index contributed by atoms with van der Waals surface area (Å²) in [5, 5.41) is 13.0. The Bertz CT molecular complexity index is 420. The molecule has 1 atom stereocenters. The number of aliphatic hydroxyl groups is 1. The lowest BCUT2D eigenvalue weighted by molar-refractivity contribution is 0.0143. The zero-order valence-electron chi connectivity index (χ0n) is 15.5. The van der Waals surface area contributed by atoms with Crippen LogP contribution in [0.1, 0.15) is 39.7 Å². The van der Waals surface area contributed by atoms with E-state index in [1.807, 2.05) is 38.1 Å². The van der Waals surface area contributed by atoms with Crippen LogP contribution in [0.2, 0.25) is 0 Å². The van der Waals surface area contributed by atoms with Crippen LogP contribution in [0.25, 0.3) is 0 Å². The van der Waals surface area contributed by atoms with Crippen molar-refractivity contribution in [2.75, 3.05) is 26.4 Å². The smallest absolute Gasteiger partial charge is 0.119 e. The van der Waals surface area contributed by atoms with E-state index in [1.54, 1.807) is 0 Å². The van der Waals surface area contributed by atoms with Crippen LogP contribution in [-0.4, -0.2) is 49.7 Å². The molecule has 0 saturated heterocycles. The summed E-state index contributed by atoms with van der Waals surface area (Å²) in [6.45, 7) is 11.0. The summed E-state index contributed by atoms with van der Waals surface area (Å²) in [5.74, 6) is 0.811. The molecule has 1 aromatic carbocycles. The van der Waals surface area contributed by atoms with E-state index in [-0.39, 0.29) is 12.2 Å². The molecule has 2 N–H and O–H groups in total. The van der Waals surface area contributed by atoms with Gasteiger partial charge in [-0.2, -0.15) is 0 Å². The summed E-state index contributed by atoms with van der Waals surface area (Å²) < 4.78 is 16.6. The molecule has 0 amide bonds. The Hall–Kier alpha value is -1.14. The standard InChI is InChI=1S/C19H33NO4/c1-15(2)20-13-18(21)9-10-24-19-7-5-17(6-8-19)14-22-11-12-23-16(3)4/h5-8,15-16,18,20-21H,9-14H2,1-4H3. The zero-order valence-corrected chi connectivity index (χ0v) is 15.5. The predicted molar refractivity (Wildman–Crippen MR) is 96.4 cm³/mol. The first-order chi connectivity index (χ1) is 11.5. The third-order valence-corrected chi connectivity index (χ3v) is 3.35. The number of aliphatic hydroxyl groups excluding tert-OH is 1. The maximum atomic E-state index is 9.83. The topological polar surface area (TPSA) is 60.0 Å². The molecule has 0 bridgehead atoms. The Morgan fingerprint density at radius 1 is 1.00 bits per heavy atom. The van der Waals surface area contributed by atoms with Gasteiger partial charge in [0.2, 0.25) is 0 Å². The molecule has 0 aromatic heterocycles. The predicted octanol–water partition coefficient (Wildman–Crippen LogP) is 2.76. The molecule has 0 spiro atoms. The van der Waals surface area contributed by atoms with Crippen LogP contribution < -0.4 is 10.1 Å². The number of hydrogen-bond donors (Lipinski definition) is 2. The Balaban J connectivity index is 2.15. The molecule has 0 aliphatic heterocycles. The highest BCUT2D eigenvalue weighted by molar-refractivity contribution is 5.26. The van der Waals surface area contributed by atoms with E-state index in [9.17, 15) is 5.11 Å². The van der Waals surface area contributed by atoms with Crippen molar-refractivity contribution in [2.45, 2.75) is 59.0 Å². The second-order valence-corrected chi connectivity index (χ2v) is 6.47. The summed E-state index contributed by atoms with van der Waals surface area (Å²) in [6.07, 6.45) is 0.471. The molecular weight excluding hydrogens is 306 g/mol. The third kappa shape index (κ3) is 10.6. The molecule has 5 nitrogen and oxygen atoms in total. The van der Waals surface area contributed by atoms with Gasteiger partial charge in [-0.05, 0) is 31.5 Å². The van der Waals surface area contributed by atoms with Gasteiger partial charge < -0.3 is 24.6 Å². The van der Waals surface area contributed by atoms with Crippen molar-refractivity contribution < 1.29 is 19.3 Å². The highest BCUT2D eigenvalue weighted by Gasteiger charge is 2.05. The summed E-state index contributed by atoms with van der Waals surface area (Å²) in [7, 11) is 0. The average molecular weight is 339 g/mol. The number of rotatable bonds is 13. The minimum absolute atomic E-state index is 0.240. The third-order valence-electron chi connectivity index (χ3n) is 3.35. The minimum Gasteiger partial charge on any atom is -0.493 e. The Kier molecular flexibility index (Phi) is 10.7. The van der Waals surface area contributed by atoms with Gasteiger partial charge in [-0.1, -0.05) is 26.0 Å². The number of nitrogens with one attached hydrogen (secondary N) is 1. The molecule has 0 saturated carbocycles. The maximum absolute atomic E-state index is 9.83. The summed E-state index contributed by atoms with van der Waals surface area (Å²) >= 11 is 0. The zero-order chi connectivity index (χ0) is 17.8. The fourth-order valence-corrected chi connectivity index (χ4v) is 2.00. The van der Waals surface area contributed by atoms with Crippen molar-refractivity contribution in [3.8, 4) is 5.75 Å². The van der Waals surface area contributed by atoms with Crippen molar-refractivity contribution in [3.63, 3.8) is 0 Å². The van der Waals surface area contributed by atoms with Crippen molar-refractivity contribution in [2.24, 2.45) is 0 Å². The van der Waals surface area contributed by atoms with E-state index in [1.165, 1.54) is 0 Å². The van der Waals surface area contributed by atoms with E-state index in [0.717, 1.165) is 11.3 Å². The highest BCUT2D eigenvalue weighted by atomic mass is 16.5. The average Bonchev–Trinajstić information content (AvgIpc) is 2.53. The van der Waals surface area contributed by atoms with Crippen LogP contribution >= 0.6 is 0 Å². The van der Waals surface area contributed by atoms with Gasteiger partial charge in [0.25, 0.3) is 0 Å². The molecule has 24 heavy (non-hydrogen) atoms. The molecule has 1 aromatic rings. The SMILES string of the molecule is CC(C)NCC(O)CCOc1ccc(COCCOC(C)C)cc1. The normalized spacial score (nSPS) is 12.8. The van der Waals surface area contributed by atoms with E-state index in [0.29, 0.717) is 45.4 Å². The lowest BCUT2D eigenvalue weighted by Gasteiger charge is -2.14. The monoisotopic (exact) mass is 339 g/mol. The molecule has 0 heterocycles. The quantitative estimate of drug-likeness (QED) is 0.541. The molecule has 5 heteroatoms. The fraction of sp³-hybridized carbons (Fsp3) is 0.684. The van der Waals surface area contributed by atoms with Gasteiger partial charge in [-0.15, -0.1) is 0 Å². The van der Waals surface area contributed by atoms with Crippen molar-refractivity contribution in [3.05, 3.63) is 29.8 Å². The van der Waals surface area contributed by atoms with E-state index in [4.69, 9.17) is 14.2 Å². The number of hydrogen-bond acceptors (Lipinski definition) is 5. The Morgan fingerprint density at radius 3 is 2.33 bits per heavy atom. The minimum atomic E-state index is -0.381. The van der Waals surface area contributed by atoms with Gasteiger partial charge in [0.15, 0.2) is 0 Å². The summed E-state index contributed by atoms with van der Waals surface area (Å²) in [6, 6.07) is 8.24. The molecule has 1 unspecified atom stereocenters. The van der Waals surface area contributed by atoms with Crippen LogP contribution in [0.15, 0.2) is 24.3 Å². The van der Waals surface area contributed by atoms with Crippen LogP contribution in [0.4, 0.5) is 0 Å². The first-order valence-corrected chi connectivity index (χ1v) is 8.80. The first kappa shape index (κ1) is 20.9. The summed E-state index contributed by atoms with van der Waals surface area (Å²) in [5.41, 5.74) is 1.10. The van der Waals surface area contributed by atoms with Gasteiger partial charge in [0, 0.05) is 19.0 Å². The van der Waals surface area contributed by atoms with E-state index >= 15 is 0 Å². The van der Waals surface area contributed by atoms with Gasteiger partial charge in [0.05, 0.1) is 38.6 Å². The number of benzene rings is 1. The molecule has 0 fully saturated rings. The van der Waals surface area contributed by atoms with Crippen LogP contribution in [0, 0.1) is 0 Å². The number of ether oxygens (including phenoxy) is 3. The molecule has 1 rings (SSSR count). The van der Waals surface area contributed by atoms with Crippen LogP contribution in [0.5, 0.6) is 5.75 Å². The summed E-state index contributed by atoms with van der Waals surface area (Å²) in [4.78, 5) is 0. The Morgan fingerprint density at radius 2 is 1.71 bits per heavy atom. The van der Waals surface area contributed by atoms with Crippen molar-refractivity contribution in [1.29, 1.82) is 0 Å². The van der Waals surface area contributed by atoms with Gasteiger partial charge in [-0.3, -0.25) is 0 Å². The van der Waals surface area contributed by atoms with Gasteiger partial charge in [0.1, 0.15) is 5.75 Å². The molecule has 0 aliphatic carbocycles. The van der Waals surface area contributed by atoms with Gasteiger partial charge >= 0.3 is 0 Å². The second-order valence-electron chi connectivity index (χ2n) is 6.47. The highest BCUT2D eigenvalue weighted by Crippen LogP contribution is 2.13.